The molecule has 1 aromatic heterocycles. The van der Waals surface area contributed by atoms with Gasteiger partial charge >= 0.3 is 0 Å². The number of hydrogen-bond acceptors (Lipinski definition) is 2. The summed E-state index contributed by atoms with van der Waals surface area (Å²) in [4.78, 5) is 0. The van der Waals surface area contributed by atoms with Crippen molar-refractivity contribution in [3.8, 4) is 0 Å². The van der Waals surface area contributed by atoms with Gasteiger partial charge in [0.25, 0.3) is 0 Å². The van der Waals surface area contributed by atoms with E-state index in [1.165, 1.54) is 12.8 Å². The van der Waals surface area contributed by atoms with Crippen LogP contribution in [0.2, 0.25) is 0 Å². The molecule has 1 heterocycles. The molecule has 0 bridgehead atoms. The van der Waals surface area contributed by atoms with Crippen molar-refractivity contribution in [2.45, 2.75) is 45.7 Å². The first-order chi connectivity index (χ1) is 9.54. The lowest BCUT2D eigenvalue weighted by atomic mass is 9.97. The van der Waals surface area contributed by atoms with Crippen LogP contribution in [0.15, 0.2) is 33.2 Å². The second-order valence-corrected chi connectivity index (χ2v) is 7.16. The molecular weight excluding hydrogens is 314 g/mol. The maximum Gasteiger partial charge on any atom is 0.134 e. The zero-order valence-corrected chi connectivity index (χ0v) is 13.9. The highest BCUT2D eigenvalue weighted by molar-refractivity contribution is 9.10. The van der Waals surface area contributed by atoms with Gasteiger partial charge in [0.1, 0.15) is 11.3 Å². The Hall–Kier alpha value is -0.800. The molecule has 1 N–H and O–H groups in total. The van der Waals surface area contributed by atoms with E-state index in [0.29, 0.717) is 6.04 Å². The van der Waals surface area contributed by atoms with E-state index in [0.717, 1.165) is 33.0 Å². The molecule has 0 spiro atoms. The van der Waals surface area contributed by atoms with Crippen molar-refractivity contribution in [1.82, 2.24) is 5.32 Å². The number of nitrogens with one attached hydrogen (secondary N) is 1. The Balaban J connectivity index is 1.77. The van der Waals surface area contributed by atoms with Crippen LogP contribution >= 0.6 is 15.9 Å². The Morgan fingerprint density at radius 3 is 2.75 bits per heavy atom. The van der Waals surface area contributed by atoms with Gasteiger partial charge in [0, 0.05) is 15.9 Å². The molecule has 1 saturated carbocycles. The molecule has 1 aliphatic carbocycles. The van der Waals surface area contributed by atoms with E-state index < -0.39 is 0 Å². The summed E-state index contributed by atoms with van der Waals surface area (Å²) in [7, 11) is 0. The highest BCUT2D eigenvalue weighted by Gasteiger charge is 2.31. The van der Waals surface area contributed by atoms with Crippen LogP contribution in [0.5, 0.6) is 0 Å². The third kappa shape index (κ3) is 2.66. The van der Waals surface area contributed by atoms with Gasteiger partial charge in [-0.15, -0.1) is 0 Å². The topological polar surface area (TPSA) is 25.2 Å². The summed E-state index contributed by atoms with van der Waals surface area (Å²) in [5.74, 6) is 2.60. The third-order valence-electron chi connectivity index (χ3n) is 4.85. The number of fused-ring (bicyclic) bond motifs is 1. The van der Waals surface area contributed by atoms with Crippen molar-refractivity contribution in [2.75, 3.05) is 0 Å². The molecule has 1 fully saturated rings. The van der Waals surface area contributed by atoms with Gasteiger partial charge in [0.05, 0.1) is 6.04 Å². The van der Waals surface area contributed by atoms with Crippen molar-refractivity contribution in [1.29, 1.82) is 0 Å². The second-order valence-electron chi connectivity index (χ2n) is 6.24. The standard InChI is InChI=1S/C17H22BrNO/c1-10-4-6-15(11(10)2)19-12(3)17-9-13-8-14(18)5-7-16(13)20-17/h5,7-12,15,19H,4,6H2,1-3H3. The zero-order valence-electron chi connectivity index (χ0n) is 12.3. The smallest absolute Gasteiger partial charge is 0.134 e. The maximum atomic E-state index is 5.97. The summed E-state index contributed by atoms with van der Waals surface area (Å²) in [5, 5.41) is 4.91. The van der Waals surface area contributed by atoms with Crippen molar-refractivity contribution in [3.05, 3.63) is 34.5 Å². The van der Waals surface area contributed by atoms with E-state index in [2.05, 4.69) is 54.2 Å². The van der Waals surface area contributed by atoms with Crippen molar-refractivity contribution < 1.29 is 4.42 Å². The van der Waals surface area contributed by atoms with Crippen LogP contribution in [-0.4, -0.2) is 6.04 Å². The monoisotopic (exact) mass is 335 g/mol. The fraction of sp³-hybridized carbons (Fsp3) is 0.529. The largest absolute Gasteiger partial charge is 0.459 e. The molecular formula is C17H22BrNO. The first kappa shape index (κ1) is 14.2. The van der Waals surface area contributed by atoms with E-state index >= 15 is 0 Å². The summed E-state index contributed by atoms with van der Waals surface area (Å²) >= 11 is 3.51. The summed E-state index contributed by atoms with van der Waals surface area (Å²) in [5.41, 5.74) is 0.963. The SMILES string of the molecule is CC(NC1CCC(C)C1C)c1cc2cc(Br)ccc2o1. The molecule has 1 aliphatic rings. The Morgan fingerprint density at radius 1 is 1.25 bits per heavy atom. The van der Waals surface area contributed by atoms with Crippen LogP contribution in [0.3, 0.4) is 0 Å². The summed E-state index contributed by atoms with van der Waals surface area (Å²) < 4.78 is 7.07. The average Bonchev–Trinajstić information content (AvgIpc) is 2.96. The summed E-state index contributed by atoms with van der Waals surface area (Å²) in [6, 6.07) is 9.18. The van der Waals surface area contributed by atoms with Gasteiger partial charge in [-0.25, -0.2) is 0 Å². The fourth-order valence-electron chi connectivity index (χ4n) is 3.25. The molecule has 20 heavy (non-hydrogen) atoms. The lowest BCUT2D eigenvalue weighted by Crippen LogP contribution is -2.34. The minimum atomic E-state index is 0.263. The Labute approximate surface area is 129 Å². The van der Waals surface area contributed by atoms with Crippen molar-refractivity contribution >= 4 is 26.9 Å². The predicted molar refractivity (Wildman–Crippen MR) is 86.8 cm³/mol. The Morgan fingerprint density at radius 2 is 2.05 bits per heavy atom. The van der Waals surface area contributed by atoms with Crippen LogP contribution in [0, 0.1) is 11.8 Å². The number of furan rings is 1. The fourth-order valence-corrected chi connectivity index (χ4v) is 3.63. The van der Waals surface area contributed by atoms with Crippen molar-refractivity contribution in [3.63, 3.8) is 0 Å². The summed E-state index contributed by atoms with van der Waals surface area (Å²) in [6.45, 7) is 6.91. The van der Waals surface area contributed by atoms with E-state index in [4.69, 9.17) is 4.42 Å². The Bertz CT molecular complexity index is 606. The molecule has 4 atom stereocenters. The Kier molecular flexibility index (Phi) is 3.91. The number of rotatable bonds is 3. The van der Waals surface area contributed by atoms with Gasteiger partial charge in [-0.3, -0.25) is 0 Å². The molecule has 4 unspecified atom stereocenters. The van der Waals surface area contributed by atoms with E-state index in [9.17, 15) is 0 Å². The van der Waals surface area contributed by atoms with Crippen LogP contribution in [0.25, 0.3) is 11.0 Å². The molecule has 0 aliphatic heterocycles. The van der Waals surface area contributed by atoms with Crippen molar-refractivity contribution in [2.24, 2.45) is 11.8 Å². The zero-order chi connectivity index (χ0) is 14.3. The van der Waals surface area contributed by atoms with E-state index in [1.807, 2.05) is 12.1 Å². The average molecular weight is 336 g/mol. The van der Waals surface area contributed by atoms with Crippen LogP contribution in [0.1, 0.15) is 45.4 Å². The molecule has 0 saturated heterocycles. The highest BCUT2D eigenvalue weighted by atomic mass is 79.9. The van der Waals surface area contributed by atoms with Gasteiger partial charge < -0.3 is 9.73 Å². The minimum Gasteiger partial charge on any atom is -0.459 e. The van der Waals surface area contributed by atoms with E-state index in [-0.39, 0.29) is 6.04 Å². The van der Waals surface area contributed by atoms with Gasteiger partial charge in [-0.1, -0.05) is 29.8 Å². The molecule has 2 nitrogen and oxygen atoms in total. The first-order valence-electron chi connectivity index (χ1n) is 7.49. The first-order valence-corrected chi connectivity index (χ1v) is 8.29. The van der Waals surface area contributed by atoms with E-state index in [1.54, 1.807) is 0 Å². The maximum absolute atomic E-state index is 5.97. The molecule has 3 rings (SSSR count). The quantitative estimate of drug-likeness (QED) is 0.825. The molecule has 2 aromatic rings. The predicted octanol–water partition coefficient (Wildman–Crippen LogP) is 5.28. The number of benzene rings is 1. The van der Waals surface area contributed by atoms with Crippen LogP contribution in [-0.2, 0) is 0 Å². The van der Waals surface area contributed by atoms with Gasteiger partial charge in [-0.2, -0.15) is 0 Å². The van der Waals surface area contributed by atoms with Gasteiger partial charge in [0.15, 0.2) is 0 Å². The summed E-state index contributed by atoms with van der Waals surface area (Å²) in [6.07, 6.45) is 2.61. The molecule has 3 heteroatoms. The lowest BCUT2D eigenvalue weighted by Gasteiger charge is -2.23. The van der Waals surface area contributed by atoms with Gasteiger partial charge in [-0.05, 0) is 55.9 Å². The van der Waals surface area contributed by atoms with Crippen LogP contribution < -0.4 is 5.32 Å². The number of halogens is 1. The minimum absolute atomic E-state index is 0.263. The molecule has 0 radical (unpaired) electrons. The van der Waals surface area contributed by atoms with Crippen LogP contribution in [0.4, 0.5) is 0 Å². The third-order valence-corrected chi connectivity index (χ3v) is 5.35. The molecule has 108 valence electrons. The number of hydrogen-bond donors (Lipinski definition) is 1. The second kappa shape index (κ2) is 5.53. The normalized spacial score (nSPS) is 28.1. The molecule has 1 aromatic carbocycles. The lowest BCUT2D eigenvalue weighted by molar-refractivity contribution is 0.328. The highest BCUT2D eigenvalue weighted by Crippen LogP contribution is 2.33. The molecule has 0 amide bonds. The van der Waals surface area contributed by atoms with Gasteiger partial charge in [0.2, 0.25) is 0 Å².